The number of hydrogen-bond donors (Lipinski definition) is 1. The number of nitrogens with one attached hydrogen (secondary N) is 1. The van der Waals surface area contributed by atoms with Crippen LogP contribution in [0.4, 0.5) is 0 Å². The Labute approximate surface area is 148 Å². The van der Waals surface area contributed by atoms with Gasteiger partial charge in [-0.15, -0.1) is 0 Å². The van der Waals surface area contributed by atoms with Crippen LogP contribution >= 0.6 is 0 Å². The van der Waals surface area contributed by atoms with E-state index in [1.54, 1.807) is 0 Å². The van der Waals surface area contributed by atoms with E-state index in [0.717, 1.165) is 39.6 Å². The van der Waals surface area contributed by atoms with Gasteiger partial charge in [-0.1, -0.05) is 12.1 Å². The average molecular weight is 339 g/mol. The zero-order valence-corrected chi connectivity index (χ0v) is 15.5. The second kappa shape index (κ2) is 7.23. The summed E-state index contributed by atoms with van der Waals surface area (Å²) in [5.74, 6) is 2.47. The van der Waals surface area contributed by atoms with Crippen molar-refractivity contribution in [1.82, 2.24) is 15.3 Å². The lowest BCUT2D eigenvalue weighted by atomic mass is 10.1. The predicted octanol–water partition coefficient (Wildman–Crippen LogP) is 4.65. The smallest absolute Gasteiger partial charge is 0.176 e. The topological polar surface area (TPSA) is 60.2 Å². The zero-order valence-electron chi connectivity index (χ0n) is 15.5. The highest BCUT2D eigenvalue weighted by molar-refractivity contribution is 5.83. The summed E-state index contributed by atoms with van der Waals surface area (Å²) in [4.78, 5) is 8.77. The van der Waals surface area contributed by atoms with Gasteiger partial charge in [0.05, 0.1) is 12.6 Å². The minimum absolute atomic E-state index is 0.0533. The van der Waals surface area contributed by atoms with Crippen LogP contribution in [0.2, 0.25) is 0 Å². The van der Waals surface area contributed by atoms with Crippen molar-refractivity contribution < 1.29 is 9.15 Å². The van der Waals surface area contributed by atoms with E-state index in [1.165, 1.54) is 0 Å². The molecule has 2 aromatic heterocycles. The van der Waals surface area contributed by atoms with Crippen molar-refractivity contribution in [3.63, 3.8) is 0 Å². The highest BCUT2D eigenvalue weighted by Gasteiger charge is 2.18. The van der Waals surface area contributed by atoms with E-state index < -0.39 is 0 Å². The van der Waals surface area contributed by atoms with Gasteiger partial charge in [-0.05, 0) is 46.8 Å². The number of furan rings is 1. The van der Waals surface area contributed by atoms with Gasteiger partial charge in [-0.2, -0.15) is 0 Å². The van der Waals surface area contributed by atoms with Crippen LogP contribution in [-0.4, -0.2) is 16.6 Å². The second-order valence-corrected chi connectivity index (χ2v) is 6.32. The number of hydrogen-bond acceptors (Lipinski definition) is 5. The Morgan fingerprint density at radius 1 is 1.20 bits per heavy atom. The molecule has 0 saturated carbocycles. The van der Waals surface area contributed by atoms with Crippen molar-refractivity contribution >= 4 is 11.0 Å². The molecule has 0 radical (unpaired) electrons. The molecule has 0 amide bonds. The quantitative estimate of drug-likeness (QED) is 0.708. The fourth-order valence-corrected chi connectivity index (χ4v) is 3.10. The fourth-order valence-electron chi connectivity index (χ4n) is 3.10. The molecular formula is C20H25N3O2. The van der Waals surface area contributed by atoms with Crippen LogP contribution in [-0.2, 0) is 0 Å². The predicted molar refractivity (Wildman–Crippen MR) is 98.9 cm³/mol. The van der Waals surface area contributed by atoms with Gasteiger partial charge in [-0.3, -0.25) is 0 Å². The largest absolute Gasteiger partial charge is 0.490 e. The molecule has 25 heavy (non-hydrogen) atoms. The van der Waals surface area contributed by atoms with Crippen LogP contribution in [0.1, 0.15) is 55.7 Å². The summed E-state index contributed by atoms with van der Waals surface area (Å²) in [6, 6.07) is 8.21. The monoisotopic (exact) mass is 339 g/mol. The van der Waals surface area contributed by atoms with Crippen LogP contribution in [0.5, 0.6) is 5.75 Å². The van der Waals surface area contributed by atoms with Gasteiger partial charge in [0.2, 0.25) is 0 Å². The molecule has 0 fully saturated rings. The van der Waals surface area contributed by atoms with E-state index in [9.17, 15) is 0 Å². The first-order chi connectivity index (χ1) is 12.0. The van der Waals surface area contributed by atoms with Gasteiger partial charge < -0.3 is 14.5 Å². The van der Waals surface area contributed by atoms with Gasteiger partial charge in [0, 0.05) is 28.9 Å². The molecule has 0 spiro atoms. The maximum absolute atomic E-state index is 6.08. The zero-order chi connectivity index (χ0) is 18.0. The van der Waals surface area contributed by atoms with Gasteiger partial charge in [0.1, 0.15) is 11.6 Å². The lowest BCUT2D eigenvalue weighted by Crippen LogP contribution is -2.23. The number of nitrogens with zero attached hydrogens (tertiary/aromatic N) is 2. The summed E-state index contributed by atoms with van der Waals surface area (Å²) >= 11 is 0. The summed E-state index contributed by atoms with van der Waals surface area (Å²) in [6.07, 6.45) is 1.90. The lowest BCUT2D eigenvalue weighted by molar-refractivity contribution is 0.335. The van der Waals surface area contributed by atoms with Gasteiger partial charge in [0.15, 0.2) is 11.3 Å². The normalized spacial score (nSPS) is 13.8. The number of fused-ring (bicyclic) bond motifs is 1. The van der Waals surface area contributed by atoms with E-state index in [1.807, 2.05) is 45.2 Å². The third-order valence-electron chi connectivity index (χ3n) is 4.36. The van der Waals surface area contributed by atoms with E-state index in [4.69, 9.17) is 9.15 Å². The molecule has 3 aromatic rings. The Hall–Kier alpha value is -2.40. The van der Waals surface area contributed by atoms with Crippen LogP contribution in [0.25, 0.3) is 11.0 Å². The first-order valence-corrected chi connectivity index (χ1v) is 8.71. The van der Waals surface area contributed by atoms with E-state index in [-0.39, 0.29) is 12.1 Å². The van der Waals surface area contributed by atoms with Gasteiger partial charge in [0.25, 0.3) is 0 Å². The Balaban J connectivity index is 1.82. The Kier molecular flexibility index (Phi) is 5.04. The van der Waals surface area contributed by atoms with Crippen molar-refractivity contribution in [2.24, 2.45) is 0 Å². The van der Waals surface area contributed by atoms with E-state index in [2.05, 4.69) is 35.2 Å². The summed E-state index contributed by atoms with van der Waals surface area (Å²) in [5, 5.41) is 4.62. The number of aryl methyl sites for hydroxylation is 2. The first kappa shape index (κ1) is 17.4. The SMILES string of the molecule is CCOc1cccc2cc([C@@H](C)N[C@H](C)c3cnc(C)nc3C)oc12. The molecule has 0 aliphatic rings. The van der Waals surface area contributed by atoms with Crippen molar-refractivity contribution in [3.05, 3.63) is 53.3 Å². The Morgan fingerprint density at radius 2 is 2.00 bits per heavy atom. The number of para-hydroxylation sites is 1. The molecule has 0 bridgehead atoms. The fraction of sp³-hybridized carbons (Fsp3) is 0.400. The van der Waals surface area contributed by atoms with Crippen LogP contribution in [0.3, 0.4) is 0 Å². The Morgan fingerprint density at radius 3 is 2.72 bits per heavy atom. The summed E-state index contributed by atoms with van der Waals surface area (Å²) < 4.78 is 11.7. The number of benzene rings is 1. The molecule has 0 unspecified atom stereocenters. The van der Waals surface area contributed by atoms with Crippen molar-refractivity contribution in [3.8, 4) is 5.75 Å². The highest BCUT2D eigenvalue weighted by atomic mass is 16.5. The molecule has 3 rings (SSSR count). The summed E-state index contributed by atoms with van der Waals surface area (Å²) in [6.45, 7) is 10.7. The van der Waals surface area contributed by atoms with Gasteiger partial charge in [-0.25, -0.2) is 9.97 Å². The van der Waals surface area contributed by atoms with E-state index >= 15 is 0 Å². The van der Waals surface area contributed by atoms with Crippen LogP contribution in [0, 0.1) is 13.8 Å². The molecule has 1 aromatic carbocycles. The van der Waals surface area contributed by atoms with Crippen molar-refractivity contribution in [1.29, 1.82) is 0 Å². The lowest BCUT2D eigenvalue weighted by Gasteiger charge is -2.20. The molecule has 2 heterocycles. The molecule has 132 valence electrons. The minimum atomic E-state index is 0.0533. The molecule has 0 saturated heterocycles. The summed E-state index contributed by atoms with van der Waals surface area (Å²) in [7, 11) is 0. The molecule has 5 nitrogen and oxygen atoms in total. The molecule has 0 aliphatic heterocycles. The third-order valence-corrected chi connectivity index (χ3v) is 4.36. The third kappa shape index (κ3) is 3.66. The molecule has 0 aliphatic carbocycles. The highest BCUT2D eigenvalue weighted by Crippen LogP contribution is 2.32. The average Bonchev–Trinajstić information content (AvgIpc) is 3.00. The van der Waals surface area contributed by atoms with Crippen LogP contribution in [0.15, 0.2) is 34.9 Å². The minimum Gasteiger partial charge on any atom is -0.490 e. The molecule has 5 heteroatoms. The van der Waals surface area contributed by atoms with Crippen molar-refractivity contribution in [2.75, 3.05) is 6.61 Å². The van der Waals surface area contributed by atoms with E-state index in [0.29, 0.717) is 6.61 Å². The number of aromatic nitrogens is 2. The van der Waals surface area contributed by atoms with Gasteiger partial charge >= 0.3 is 0 Å². The van der Waals surface area contributed by atoms with Crippen LogP contribution < -0.4 is 10.1 Å². The number of rotatable bonds is 6. The molecular weight excluding hydrogens is 314 g/mol. The van der Waals surface area contributed by atoms with Crippen molar-refractivity contribution in [2.45, 2.75) is 46.7 Å². The first-order valence-electron chi connectivity index (χ1n) is 8.71. The maximum Gasteiger partial charge on any atom is 0.176 e. The molecule has 1 N–H and O–H groups in total. The second-order valence-electron chi connectivity index (χ2n) is 6.32. The maximum atomic E-state index is 6.08. The standard InChI is InChI=1S/C20H25N3O2/c1-6-24-18-9-7-8-16-10-19(25-20(16)18)14(4)22-12(2)17-11-21-15(5)23-13(17)3/h7-12,14,22H,6H2,1-5H3/t12-,14-/m1/s1. The Bertz CT molecular complexity index is 873. The molecule has 2 atom stereocenters. The number of ether oxygens (including phenoxy) is 1. The summed E-state index contributed by atoms with van der Waals surface area (Å²) in [5.41, 5.74) is 2.90.